The molecule has 0 saturated heterocycles. The molecule has 5 heteroatoms. The summed E-state index contributed by atoms with van der Waals surface area (Å²) >= 11 is 0. The molecule has 0 saturated carbocycles. The van der Waals surface area contributed by atoms with Gasteiger partial charge in [-0.15, -0.1) is 0 Å². The molecule has 0 aliphatic heterocycles. The molecule has 0 bridgehead atoms. The Labute approximate surface area is 101 Å². The molecule has 0 radical (unpaired) electrons. The van der Waals surface area contributed by atoms with E-state index in [2.05, 4.69) is 6.92 Å². The fourth-order valence-corrected chi connectivity index (χ4v) is 4.64. The van der Waals surface area contributed by atoms with Crippen molar-refractivity contribution >= 4 is 8.56 Å². The number of nitrogens with two attached hydrogens (primary N) is 2. The first kappa shape index (κ1) is 16.1. The van der Waals surface area contributed by atoms with Gasteiger partial charge in [-0.2, -0.15) is 0 Å². The fraction of sp³-hybridized carbons (Fsp3) is 1.00. The predicted octanol–water partition coefficient (Wildman–Crippen LogP) is 1.86. The summed E-state index contributed by atoms with van der Waals surface area (Å²) < 4.78 is 11.6. The Hall–Kier alpha value is 0.0569. The average Bonchev–Trinajstić information content (AvgIpc) is 2.24. The van der Waals surface area contributed by atoms with Gasteiger partial charge in [0.2, 0.25) is 0 Å². The van der Waals surface area contributed by atoms with E-state index in [0.717, 1.165) is 12.5 Å². The van der Waals surface area contributed by atoms with Gasteiger partial charge in [0.25, 0.3) is 0 Å². The van der Waals surface area contributed by atoms with Crippen LogP contribution in [0.1, 0.15) is 46.5 Å². The van der Waals surface area contributed by atoms with Gasteiger partial charge in [0.05, 0.1) is 5.79 Å². The molecule has 0 aliphatic rings. The van der Waals surface area contributed by atoms with Crippen molar-refractivity contribution in [1.82, 2.24) is 0 Å². The van der Waals surface area contributed by atoms with Gasteiger partial charge in [0.1, 0.15) is 0 Å². The molecule has 98 valence electrons. The normalized spacial score (nSPS) is 12.4. The summed E-state index contributed by atoms with van der Waals surface area (Å²) in [4.78, 5) is 0. The highest BCUT2D eigenvalue weighted by molar-refractivity contribution is 6.68. The van der Waals surface area contributed by atoms with Crippen LogP contribution >= 0.6 is 0 Å². The molecule has 0 unspecified atom stereocenters. The van der Waals surface area contributed by atoms with E-state index in [9.17, 15) is 0 Å². The highest BCUT2D eigenvalue weighted by Crippen LogP contribution is 2.19. The number of hydrogen-bond acceptors (Lipinski definition) is 4. The molecule has 4 N–H and O–H groups in total. The molecule has 0 aromatic rings. The van der Waals surface area contributed by atoms with Crippen LogP contribution in [0.25, 0.3) is 0 Å². The Bertz CT molecular complexity index is 162. The van der Waals surface area contributed by atoms with E-state index in [-0.39, 0.29) is 0 Å². The molecule has 0 fully saturated rings. The van der Waals surface area contributed by atoms with Crippen LogP contribution in [0.2, 0.25) is 6.04 Å². The zero-order chi connectivity index (χ0) is 12.4. The lowest BCUT2D eigenvalue weighted by molar-refractivity contribution is 0.172. The summed E-state index contributed by atoms with van der Waals surface area (Å²) in [5.41, 5.74) is 11.7. The lowest BCUT2D eigenvalue weighted by Gasteiger charge is -2.32. The Balaban J connectivity index is 4.24. The van der Waals surface area contributed by atoms with Crippen molar-refractivity contribution in [2.24, 2.45) is 11.5 Å². The highest BCUT2D eigenvalue weighted by atomic mass is 28.4. The van der Waals surface area contributed by atoms with Crippen LogP contribution < -0.4 is 11.5 Å². The molecule has 0 spiro atoms. The minimum Gasteiger partial charge on any atom is -0.393 e. The number of rotatable bonds is 10. The molecule has 0 atom stereocenters. The van der Waals surface area contributed by atoms with Crippen LogP contribution in [0.3, 0.4) is 0 Å². The summed E-state index contributed by atoms with van der Waals surface area (Å²) in [5.74, 6) is -0.450. The van der Waals surface area contributed by atoms with Crippen LogP contribution in [0.4, 0.5) is 0 Å². The zero-order valence-corrected chi connectivity index (χ0v) is 12.0. The quantitative estimate of drug-likeness (QED) is 0.352. The standard InChI is InChI=1S/C11H28N2O2Si/c1-4-7-8-9-10-16(11(12)13,14-5-2)15-6-3/h11H,4-10,12-13H2,1-3H3. The Morgan fingerprint density at radius 2 is 1.50 bits per heavy atom. The predicted molar refractivity (Wildman–Crippen MR) is 70.1 cm³/mol. The Kier molecular flexibility index (Phi) is 9.16. The first-order chi connectivity index (χ1) is 7.63. The van der Waals surface area contributed by atoms with Crippen molar-refractivity contribution < 1.29 is 8.85 Å². The van der Waals surface area contributed by atoms with Crippen molar-refractivity contribution in [2.75, 3.05) is 13.2 Å². The van der Waals surface area contributed by atoms with Gasteiger partial charge in [-0.25, -0.2) is 0 Å². The third-order valence-corrected chi connectivity index (χ3v) is 6.28. The van der Waals surface area contributed by atoms with Crippen LogP contribution in [0, 0.1) is 0 Å². The van der Waals surface area contributed by atoms with Crippen LogP contribution in [-0.4, -0.2) is 27.6 Å². The second kappa shape index (κ2) is 9.12. The van der Waals surface area contributed by atoms with Crippen LogP contribution in [-0.2, 0) is 8.85 Å². The van der Waals surface area contributed by atoms with Crippen molar-refractivity contribution in [3.05, 3.63) is 0 Å². The lowest BCUT2D eigenvalue weighted by atomic mass is 10.2. The van der Waals surface area contributed by atoms with E-state index in [0.29, 0.717) is 13.2 Å². The first-order valence-corrected chi connectivity index (χ1v) is 8.52. The van der Waals surface area contributed by atoms with E-state index in [1.165, 1.54) is 19.3 Å². The summed E-state index contributed by atoms with van der Waals surface area (Å²) in [6.07, 6.45) is 4.79. The number of unbranched alkanes of at least 4 members (excludes halogenated alkanes) is 3. The van der Waals surface area contributed by atoms with Crippen molar-refractivity contribution in [3.8, 4) is 0 Å². The SMILES string of the molecule is CCCCCC[Si](OCC)(OCC)C(N)N. The second-order valence-electron chi connectivity index (χ2n) is 4.01. The molecule has 0 aromatic carbocycles. The van der Waals surface area contributed by atoms with Gasteiger partial charge in [0, 0.05) is 13.2 Å². The van der Waals surface area contributed by atoms with Crippen molar-refractivity contribution in [2.45, 2.75) is 58.3 Å². The van der Waals surface area contributed by atoms with Crippen molar-refractivity contribution in [3.63, 3.8) is 0 Å². The molecule has 0 rings (SSSR count). The monoisotopic (exact) mass is 248 g/mol. The summed E-state index contributed by atoms with van der Waals surface area (Å²) in [6.45, 7) is 7.39. The van der Waals surface area contributed by atoms with Gasteiger partial charge in [0.15, 0.2) is 0 Å². The van der Waals surface area contributed by atoms with E-state index >= 15 is 0 Å². The molecular formula is C11H28N2O2Si. The van der Waals surface area contributed by atoms with Gasteiger partial charge < -0.3 is 20.3 Å². The topological polar surface area (TPSA) is 70.5 Å². The maximum Gasteiger partial charge on any atom is 0.370 e. The highest BCUT2D eigenvalue weighted by Gasteiger charge is 2.41. The fourth-order valence-electron chi connectivity index (χ4n) is 1.83. The smallest absolute Gasteiger partial charge is 0.370 e. The summed E-state index contributed by atoms with van der Waals surface area (Å²) in [5, 5.41) is 0. The largest absolute Gasteiger partial charge is 0.393 e. The molecule has 0 heterocycles. The van der Waals surface area contributed by atoms with E-state index < -0.39 is 14.3 Å². The summed E-state index contributed by atoms with van der Waals surface area (Å²) in [6, 6.07) is 0.909. The molecule has 0 aliphatic carbocycles. The van der Waals surface area contributed by atoms with Gasteiger partial charge in [-0.3, -0.25) is 0 Å². The van der Waals surface area contributed by atoms with E-state index in [4.69, 9.17) is 20.3 Å². The maximum absolute atomic E-state index is 5.85. The molecular weight excluding hydrogens is 220 g/mol. The molecule has 4 nitrogen and oxygen atoms in total. The lowest BCUT2D eigenvalue weighted by Crippen LogP contribution is -2.62. The minimum atomic E-state index is -2.37. The third kappa shape index (κ3) is 5.40. The van der Waals surface area contributed by atoms with Crippen LogP contribution in [0.5, 0.6) is 0 Å². The minimum absolute atomic E-state index is 0.450. The molecule has 16 heavy (non-hydrogen) atoms. The Morgan fingerprint density at radius 3 is 1.88 bits per heavy atom. The second-order valence-corrected chi connectivity index (χ2v) is 7.38. The van der Waals surface area contributed by atoms with Gasteiger partial charge in [-0.05, 0) is 19.9 Å². The molecule has 0 amide bonds. The third-order valence-electron chi connectivity index (χ3n) is 2.66. The zero-order valence-electron chi connectivity index (χ0n) is 11.0. The van der Waals surface area contributed by atoms with E-state index in [1.54, 1.807) is 0 Å². The van der Waals surface area contributed by atoms with E-state index in [1.807, 2.05) is 13.8 Å². The maximum atomic E-state index is 5.85. The van der Waals surface area contributed by atoms with Gasteiger partial charge >= 0.3 is 8.56 Å². The summed E-state index contributed by atoms with van der Waals surface area (Å²) in [7, 11) is -2.37. The van der Waals surface area contributed by atoms with Crippen molar-refractivity contribution in [1.29, 1.82) is 0 Å². The molecule has 0 aromatic heterocycles. The number of hydrogen-bond donors (Lipinski definition) is 2. The Morgan fingerprint density at radius 1 is 0.938 bits per heavy atom. The van der Waals surface area contributed by atoms with Gasteiger partial charge in [-0.1, -0.05) is 32.6 Å². The average molecular weight is 248 g/mol. The van der Waals surface area contributed by atoms with Crippen LogP contribution in [0.15, 0.2) is 0 Å². The first-order valence-electron chi connectivity index (χ1n) is 6.42.